The van der Waals surface area contributed by atoms with E-state index >= 15 is 0 Å². The SMILES string of the molecule is [CH2]CCCCCSCCCCCCCCCCCC. The first kappa shape index (κ1) is 19.4. The molecule has 0 saturated carbocycles. The molecule has 0 unspecified atom stereocenters. The zero-order chi connectivity index (χ0) is 14.0. The Bertz CT molecular complexity index is 129. The van der Waals surface area contributed by atoms with E-state index in [9.17, 15) is 0 Å². The monoisotopic (exact) mass is 285 g/mol. The molecule has 115 valence electrons. The fraction of sp³-hybridized carbons (Fsp3) is 0.944. The fourth-order valence-corrected chi connectivity index (χ4v) is 3.37. The maximum Gasteiger partial charge on any atom is -0.00675 e. The van der Waals surface area contributed by atoms with Crippen LogP contribution < -0.4 is 0 Å². The lowest BCUT2D eigenvalue weighted by atomic mass is 10.1. The smallest absolute Gasteiger partial charge is 0.00675 e. The summed E-state index contributed by atoms with van der Waals surface area (Å²) >= 11 is 2.16. The summed E-state index contributed by atoms with van der Waals surface area (Å²) < 4.78 is 0. The van der Waals surface area contributed by atoms with Crippen LogP contribution in [0.4, 0.5) is 0 Å². The van der Waals surface area contributed by atoms with Crippen molar-refractivity contribution in [1.29, 1.82) is 0 Å². The van der Waals surface area contributed by atoms with E-state index in [2.05, 4.69) is 25.6 Å². The molecule has 0 fully saturated rings. The molecule has 1 heteroatoms. The third kappa shape index (κ3) is 18.4. The molecule has 0 rings (SSSR count). The van der Waals surface area contributed by atoms with E-state index in [0.717, 1.165) is 6.42 Å². The van der Waals surface area contributed by atoms with Gasteiger partial charge in [0.25, 0.3) is 0 Å². The molecule has 0 aliphatic carbocycles. The normalized spacial score (nSPS) is 11.1. The Morgan fingerprint density at radius 2 is 1.00 bits per heavy atom. The number of unbranched alkanes of at least 4 members (excludes halogenated alkanes) is 12. The third-order valence-corrected chi connectivity index (χ3v) is 4.84. The average Bonchev–Trinajstić information content (AvgIpc) is 2.43. The highest BCUT2D eigenvalue weighted by Crippen LogP contribution is 2.13. The van der Waals surface area contributed by atoms with Crippen LogP contribution in [-0.2, 0) is 0 Å². The van der Waals surface area contributed by atoms with Gasteiger partial charge in [0.05, 0.1) is 0 Å². The highest BCUT2D eigenvalue weighted by atomic mass is 32.2. The van der Waals surface area contributed by atoms with Gasteiger partial charge in [0.2, 0.25) is 0 Å². The molecule has 0 nitrogen and oxygen atoms in total. The fourth-order valence-electron chi connectivity index (χ4n) is 2.35. The van der Waals surface area contributed by atoms with Crippen molar-refractivity contribution in [2.24, 2.45) is 0 Å². The zero-order valence-electron chi connectivity index (χ0n) is 13.4. The predicted molar refractivity (Wildman–Crippen MR) is 93.0 cm³/mol. The number of rotatable bonds is 16. The van der Waals surface area contributed by atoms with Gasteiger partial charge in [0.15, 0.2) is 0 Å². The van der Waals surface area contributed by atoms with Crippen LogP contribution in [0, 0.1) is 6.92 Å². The first-order valence-electron chi connectivity index (χ1n) is 8.78. The van der Waals surface area contributed by atoms with Gasteiger partial charge in [-0.1, -0.05) is 90.9 Å². The molecule has 1 radical (unpaired) electrons. The molecule has 0 aromatic rings. The van der Waals surface area contributed by atoms with E-state index in [-0.39, 0.29) is 0 Å². The first-order valence-corrected chi connectivity index (χ1v) is 9.94. The van der Waals surface area contributed by atoms with Crippen LogP contribution in [-0.4, -0.2) is 11.5 Å². The van der Waals surface area contributed by atoms with Crippen molar-refractivity contribution in [3.8, 4) is 0 Å². The third-order valence-electron chi connectivity index (χ3n) is 3.68. The van der Waals surface area contributed by atoms with Crippen molar-refractivity contribution in [3.63, 3.8) is 0 Å². The van der Waals surface area contributed by atoms with E-state index in [4.69, 9.17) is 0 Å². The number of hydrogen-bond acceptors (Lipinski definition) is 1. The van der Waals surface area contributed by atoms with E-state index in [0.29, 0.717) is 0 Å². The molecule has 0 heterocycles. The van der Waals surface area contributed by atoms with Crippen molar-refractivity contribution >= 4 is 11.8 Å². The van der Waals surface area contributed by atoms with Crippen molar-refractivity contribution < 1.29 is 0 Å². The van der Waals surface area contributed by atoms with Gasteiger partial charge in [-0.25, -0.2) is 0 Å². The van der Waals surface area contributed by atoms with Gasteiger partial charge in [0, 0.05) is 0 Å². The van der Waals surface area contributed by atoms with E-state index in [1.165, 1.54) is 95.0 Å². The lowest BCUT2D eigenvalue weighted by Crippen LogP contribution is -1.86. The molecule has 0 N–H and O–H groups in total. The maximum atomic E-state index is 3.88. The highest BCUT2D eigenvalue weighted by Gasteiger charge is 1.94. The van der Waals surface area contributed by atoms with Crippen LogP contribution in [0.2, 0.25) is 0 Å². The summed E-state index contributed by atoms with van der Waals surface area (Å²) in [7, 11) is 0. The van der Waals surface area contributed by atoms with Gasteiger partial charge in [-0.3, -0.25) is 0 Å². The maximum absolute atomic E-state index is 3.88. The summed E-state index contributed by atoms with van der Waals surface area (Å²) in [5.41, 5.74) is 0. The molecule has 0 spiro atoms. The van der Waals surface area contributed by atoms with Gasteiger partial charge in [-0.2, -0.15) is 11.8 Å². The summed E-state index contributed by atoms with van der Waals surface area (Å²) in [5, 5.41) is 0. The van der Waals surface area contributed by atoms with Crippen LogP contribution in [0.5, 0.6) is 0 Å². The average molecular weight is 286 g/mol. The summed E-state index contributed by atoms with van der Waals surface area (Å²) in [6.45, 7) is 6.17. The lowest BCUT2D eigenvalue weighted by molar-refractivity contribution is 0.563. The highest BCUT2D eigenvalue weighted by molar-refractivity contribution is 7.99. The number of thioether (sulfide) groups is 1. The summed E-state index contributed by atoms with van der Waals surface area (Å²) in [6.07, 6.45) is 19.7. The second kappa shape index (κ2) is 18.4. The molecular weight excluding hydrogens is 248 g/mol. The predicted octanol–water partition coefficient (Wildman–Crippen LogP) is 7.03. The summed E-state index contributed by atoms with van der Waals surface area (Å²) in [6, 6.07) is 0. The zero-order valence-corrected chi connectivity index (χ0v) is 14.2. The quantitative estimate of drug-likeness (QED) is 0.274. The van der Waals surface area contributed by atoms with Crippen molar-refractivity contribution in [2.45, 2.75) is 96.8 Å². The Morgan fingerprint density at radius 3 is 1.47 bits per heavy atom. The molecular formula is C18H37S. The second-order valence-corrected chi connectivity index (χ2v) is 6.93. The van der Waals surface area contributed by atoms with Gasteiger partial charge < -0.3 is 0 Å². The molecule has 0 bridgehead atoms. The Hall–Kier alpha value is 0.350. The summed E-state index contributed by atoms with van der Waals surface area (Å²) in [4.78, 5) is 0. The van der Waals surface area contributed by atoms with E-state index in [1.807, 2.05) is 0 Å². The van der Waals surface area contributed by atoms with Gasteiger partial charge >= 0.3 is 0 Å². The largest absolute Gasteiger partial charge is 0.162 e. The molecule has 0 atom stereocenters. The van der Waals surface area contributed by atoms with Crippen molar-refractivity contribution in [2.75, 3.05) is 11.5 Å². The van der Waals surface area contributed by atoms with E-state index in [1.54, 1.807) is 0 Å². The van der Waals surface area contributed by atoms with Crippen molar-refractivity contribution in [3.05, 3.63) is 6.92 Å². The molecule has 0 aromatic heterocycles. The van der Waals surface area contributed by atoms with Crippen molar-refractivity contribution in [1.82, 2.24) is 0 Å². The van der Waals surface area contributed by atoms with Crippen LogP contribution in [0.15, 0.2) is 0 Å². The van der Waals surface area contributed by atoms with Gasteiger partial charge in [0.1, 0.15) is 0 Å². The van der Waals surface area contributed by atoms with Gasteiger partial charge in [-0.05, 0) is 24.3 Å². The molecule has 0 amide bonds. The molecule has 0 aromatic carbocycles. The van der Waals surface area contributed by atoms with Crippen LogP contribution in [0.1, 0.15) is 96.8 Å². The number of hydrogen-bond donors (Lipinski definition) is 0. The Labute approximate surface area is 127 Å². The van der Waals surface area contributed by atoms with Crippen LogP contribution in [0.3, 0.4) is 0 Å². The van der Waals surface area contributed by atoms with Crippen LogP contribution >= 0.6 is 11.8 Å². The van der Waals surface area contributed by atoms with Crippen LogP contribution in [0.25, 0.3) is 0 Å². The Balaban J connectivity index is 2.88. The minimum Gasteiger partial charge on any atom is -0.162 e. The Morgan fingerprint density at radius 1 is 0.579 bits per heavy atom. The lowest BCUT2D eigenvalue weighted by Gasteiger charge is -2.03. The summed E-state index contributed by atoms with van der Waals surface area (Å²) in [5.74, 6) is 2.76. The standard InChI is InChI=1S/C18H37S/c1-3-5-7-9-10-11-12-13-14-16-18-19-17-15-8-6-4-2/h2-18H2,1H3. The second-order valence-electron chi connectivity index (χ2n) is 5.71. The minimum absolute atomic E-state index is 1.11. The molecule has 0 aliphatic rings. The molecule has 0 saturated heterocycles. The molecule has 19 heavy (non-hydrogen) atoms. The Kier molecular flexibility index (Phi) is 18.7. The van der Waals surface area contributed by atoms with Gasteiger partial charge in [-0.15, -0.1) is 0 Å². The minimum atomic E-state index is 1.11. The first-order chi connectivity index (χ1) is 9.41. The topological polar surface area (TPSA) is 0 Å². The molecule has 0 aliphatic heterocycles. The van der Waals surface area contributed by atoms with E-state index < -0.39 is 0 Å².